The Balaban J connectivity index is 2.04. The van der Waals surface area contributed by atoms with Crippen molar-refractivity contribution in [1.82, 2.24) is 9.71 Å². The van der Waals surface area contributed by atoms with Crippen LogP contribution in [0, 0.1) is 11.8 Å². The summed E-state index contributed by atoms with van der Waals surface area (Å²) in [5.41, 5.74) is 0.646. The van der Waals surface area contributed by atoms with Gasteiger partial charge in [-0.2, -0.15) is 13.1 Å². The summed E-state index contributed by atoms with van der Waals surface area (Å²) in [5.74, 6) is 5.81. The molecule has 0 aromatic carbocycles. The summed E-state index contributed by atoms with van der Waals surface area (Å²) in [6.45, 7) is 0.00286. The second kappa shape index (κ2) is 6.02. The van der Waals surface area contributed by atoms with Crippen molar-refractivity contribution in [2.45, 2.75) is 25.3 Å². The molecule has 3 N–H and O–H groups in total. The largest absolute Gasteiger partial charge is 0.395 e. The monoisotopic (exact) mass is 281 g/mol. The van der Waals surface area contributed by atoms with E-state index < -0.39 is 10.2 Å². The molecule has 0 saturated heterocycles. The number of anilines is 1. The quantitative estimate of drug-likeness (QED) is 0.674. The number of nitrogens with zero attached hydrogens (tertiary/aromatic N) is 1. The van der Waals surface area contributed by atoms with Crippen LogP contribution in [0.3, 0.4) is 0 Å². The zero-order valence-electron chi connectivity index (χ0n) is 10.3. The molecule has 19 heavy (non-hydrogen) atoms. The number of aliphatic hydroxyl groups excluding tert-OH is 1. The van der Waals surface area contributed by atoms with Gasteiger partial charge in [-0.15, -0.1) is 0 Å². The third-order valence-corrected chi connectivity index (χ3v) is 3.49. The van der Waals surface area contributed by atoms with Crippen LogP contribution in [0.1, 0.15) is 24.8 Å². The first-order valence-corrected chi connectivity index (χ1v) is 7.43. The summed E-state index contributed by atoms with van der Waals surface area (Å²) in [5, 5.41) is 8.63. The second-order valence-electron chi connectivity index (χ2n) is 4.20. The van der Waals surface area contributed by atoms with E-state index in [1.54, 1.807) is 12.1 Å². The standard InChI is InChI=1S/C12H15N3O3S/c16-8-2-1-3-10-6-7-13-12(9-10)15-19(17,18)14-11-4-5-11/h6-7,9,11,14,16H,2,4-5,8H2,(H,13,15). The van der Waals surface area contributed by atoms with E-state index in [1.165, 1.54) is 6.20 Å². The van der Waals surface area contributed by atoms with E-state index in [4.69, 9.17) is 5.11 Å². The highest BCUT2D eigenvalue weighted by Crippen LogP contribution is 2.20. The van der Waals surface area contributed by atoms with Crippen LogP contribution in [0.4, 0.5) is 5.82 Å². The van der Waals surface area contributed by atoms with E-state index in [0.717, 1.165) is 12.8 Å². The number of rotatable bonds is 5. The molecule has 0 unspecified atom stereocenters. The predicted molar refractivity (Wildman–Crippen MR) is 71.5 cm³/mol. The molecule has 1 aliphatic carbocycles. The lowest BCUT2D eigenvalue weighted by molar-refractivity contribution is 0.305. The van der Waals surface area contributed by atoms with E-state index >= 15 is 0 Å². The van der Waals surface area contributed by atoms with Gasteiger partial charge in [0.05, 0.1) is 6.61 Å². The molecule has 1 heterocycles. The number of aliphatic hydroxyl groups is 1. The summed E-state index contributed by atoms with van der Waals surface area (Å²) in [7, 11) is -3.56. The van der Waals surface area contributed by atoms with Crippen molar-refractivity contribution in [3.8, 4) is 11.8 Å². The Labute approximate surface area is 112 Å². The summed E-state index contributed by atoms with van der Waals surface area (Å²) >= 11 is 0. The number of nitrogens with one attached hydrogen (secondary N) is 2. The van der Waals surface area contributed by atoms with Gasteiger partial charge in [0.2, 0.25) is 0 Å². The number of hydrogen-bond acceptors (Lipinski definition) is 4. The summed E-state index contributed by atoms with van der Waals surface area (Å²) < 4.78 is 28.2. The second-order valence-corrected chi connectivity index (χ2v) is 5.65. The molecule has 1 aromatic rings. The van der Waals surface area contributed by atoms with Gasteiger partial charge >= 0.3 is 10.2 Å². The maximum absolute atomic E-state index is 11.7. The maximum Gasteiger partial charge on any atom is 0.300 e. The van der Waals surface area contributed by atoms with Crippen molar-refractivity contribution < 1.29 is 13.5 Å². The Kier molecular flexibility index (Phi) is 4.37. The van der Waals surface area contributed by atoms with Crippen LogP contribution in [0.2, 0.25) is 0 Å². The minimum atomic E-state index is -3.56. The highest BCUT2D eigenvalue weighted by atomic mass is 32.2. The smallest absolute Gasteiger partial charge is 0.300 e. The Morgan fingerprint density at radius 2 is 2.26 bits per heavy atom. The molecular weight excluding hydrogens is 266 g/mol. The van der Waals surface area contributed by atoms with Gasteiger partial charge in [0.1, 0.15) is 5.82 Å². The lowest BCUT2D eigenvalue weighted by Gasteiger charge is -2.07. The minimum Gasteiger partial charge on any atom is -0.395 e. The van der Waals surface area contributed by atoms with Gasteiger partial charge in [-0.3, -0.25) is 4.72 Å². The van der Waals surface area contributed by atoms with Gasteiger partial charge in [0, 0.05) is 24.2 Å². The van der Waals surface area contributed by atoms with E-state index in [2.05, 4.69) is 26.3 Å². The van der Waals surface area contributed by atoms with Gasteiger partial charge in [0.25, 0.3) is 0 Å². The van der Waals surface area contributed by atoms with Crippen molar-refractivity contribution in [2.75, 3.05) is 11.3 Å². The molecule has 1 aliphatic rings. The van der Waals surface area contributed by atoms with Crippen LogP contribution in [0.5, 0.6) is 0 Å². The van der Waals surface area contributed by atoms with Gasteiger partial charge in [-0.1, -0.05) is 11.8 Å². The molecule has 6 nitrogen and oxygen atoms in total. The van der Waals surface area contributed by atoms with Crippen molar-refractivity contribution >= 4 is 16.0 Å². The highest BCUT2D eigenvalue weighted by Gasteiger charge is 2.26. The molecule has 1 aromatic heterocycles. The topological polar surface area (TPSA) is 91.3 Å². The Morgan fingerprint density at radius 1 is 1.47 bits per heavy atom. The molecule has 102 valence electrons. The Morgan fingerprint density at radius 3 is 2.95 bits per heavy atom. The average molecular weight is 281 g/mol. The van der Waals surface area contributed by atoms with Crippen molar-refractivity contribution in [3.63, 3.8) is 0 Å². The molecule has 0 radical (unpaired) electrons. The SMILES string of the molecule is O=S(=O)(Nc1cc(C#CCCO)ccn1)NC1CC1. The first kappa shape index (κ1) is 13.8. The first-order valence-electron chi connectivity index (χ1n) is 5.95. The normalized spacial score (nSPS) is 14.6. The third kappa shape index (κ3) is 4.87. The van der Waals surface area contributed by atoms with Gasteiger partial charge in [-0.05, 0) is 25.0 Å². The number of hydrogen-bond donors (Lipinski definition) is 3. The number of aromatic nitrogens is 1. The van der Waals surface area contributed by atoms with Crippen LogP contribution in [-0.2, 0) is 10.2 Å². The minimum absolute atomic E-state index is 0.00286. The molecule has 0 amide bonds. The van der Waals surface area contributed by atoms with E-state index in [1.807, 2.05) is 0 Å². The molecule has 2 rings (SSSR count). The average Bonchev–Trinajstić information content (AvgIpc) is 3.12. The van der Waals surface area contributed by atoms with Crippen LogP contribution in [0.15, 0.2) is 18.3 Å². The fraction of sp³-hybridized carbons (Fsp3) is 0.417. The van der Waals surface area contributed by atoms with Crippen LogP contribution < -0.4 is 9.44 Å². The van der Waals surface area contributed by atoms with E-state index in [-0.39, 0.29) is 18.5 Å². The van der Waals surface area contributed by atoms with E-state index in [0.29, 0.717) is 12.0 Å². The van der Waals surface area contributed by atoms with Crippen LogP contribution >= 0.6 is 0 Å². The summed E-state index contributed by atoms with van der Waals surface area (Å²) in [4.78, 5) is 3.93. The van der Waals surface area contributed by atoms with Gasteiger partial charge in [-0.25, -0.2) is 4.98 Å². The van der Waals surface area contributed by atoms with Crippen LogP contribution in [-0.4, -0.2) is 31.2 Å². The molecule has 0 atom stereocenters. The fourth-order valence-corrected chi connectivity index (χ4v) is 2.49. The zero-order valence-corrected chi connectivity index (χ0v) is 11.1. The van der Waals surface area contributed by atoms with Gasteiger partial charge in [0.15, 0.2) is 0 Å². The van der Waals surface area contributed by atoms with Crippen LogP contribution in [0.25, 0.3) is 0 Å². The molecule has 0 aliphatic heterocycles. The van der Waals surface area contributed by atoms with Gasteiger partial charge < -0.3 is 5.11 Å². The molecular formula is C12H15N3O3S. The van der Waals surface area contributed by atoms with E-state index in [9.17, 15) is 8.42 Å². The summed E-state index contributed by atoms with van der Waals surface area (Å²) in [6, 6.07) is 3.28. The zero-order chi connectivity index (χ0) is 13.7. The molecule has 1 fully saturated rings. The third-order valence-electron chi connectivity index (χ3n) is 2.37. The fourth-order valence-electron chi connectivity index (χ4n) is 1.37. The van der Waals surface area contributed by atoms with Crippen molar-refractivity contribution in [1.29, 1.82) is 0 Å². The summed E-state index contributed by atoms with van der Waals surface area (Å²) in [6.07, 6.45) is 3.62. The lowest BCUT2D eigenvalue weighted by atomic mass is 10.2. The Hall–Kier alpha value is -1.62. The first-order chi connectivity index (χ1) is 9.09. The molecule has 7 heteroatoms. The molecule has 0 bridgehead atoms. The van der Waals surface area contributed by atoms with Crippen molar-refractivity contribution in [3.05, 3.63) is 23.9 Å². The predicted octanol–water partition coefficient (Wildman–Crippen LogP) is 0.224. The molecule has 0 spiro atoms. The molecule has 1 saturated carbocycles. The number of pyridine rings is 1. The van der Waals surface area contributed by atoms with Crippen molar-refractivity contribution in [2.24, 2.45) is 0 Å². The lowest BCUT2D eigenvalue weighted by Crippen LogP contribution is -2.32. The Bertz CT molecular complexity index is 600. The maximum atomic E-state index is 11.7. The highest BCUT2D eigenvalue weighted by molar-refractivity contribution is 7.90.